The highest BCUT2D eigenvalue weighted by Gasteiger charge is 2.43. The van der Waals surface area contributed by atoms with E-state index in [1.54, 1.807) is 0 Å². The predicted octanol–water partition coefficient (Wildman–Crippen LogP) is 4.90. The van der Waals surface area contributed by atoms with E-state index in [-0.39, 0.29) is 0 Å². The van der Waals surface area contributed by atoms with E-state index in [0.717, 1.165) is 48.4 Å². The van der Waals surface area contributed by atoms with Gasteiger partial charge in [-0.2, -0.15) is 0 Å². The molecule has 5 rings (SSSR count). The maximum absolute atomic E-state index is 5.09. The van der Waals surface area contributed by atoms with E-state index in [1.807, 2.05) is 13.2 Å². The molecule has 1 aliphatic heterocycles. The minimum absolute atomic E-state index is 0.565. The van der Waals surface area contributed by atoms with Crippen LogP contribution in [0.3, 0.4) is 0 Å². The van der Waals surface area contributed by atoms with Gasteiger partial charge < -0.3 is 15.1 Å². The average Bonchev–Trinajstić information content (AvgIpc) is 3.25. The number of hydrogen-bond donors (Lipinski definition) is 1. The van der Waals surface area contributed by atoms with E-state index >= 15 is 0 Å². The Balaban J connectivity index is 1.52. The van der Waals surface area contributed by atoms with Crippen LogP contribution in [0.2, 0.25) is 0 Å². The predicted molar refractivity (Wildman–Crippen MR) is 135 cm³/mol. The number of pyridine rings is 2. The zero-order chi connectivity index (χ0) is 22.1. The second kappa shape index (κ2) is 8.70. The number of aromatic nitrogens is 2. The van der Waals surface area contributed by atoms with Gasteiger partial charge in [0.25, 0.3) is 0 Å². The number of nitrogens with zero attached hydrogens (tertiary/aromatic N) is 4. The molecule has 0 unspecified atom stereocenters. The molecule has 3 heterocycles. The molecule has 1 spiro atoms. The highest BCUT2D eigenvalue weighted by Crippen LogP contribution is 2.49. The molecular formula is C27H35N5. The molecule has 5 heteroatoms. The van der Waals surface area contributed by atoms with Gasteiger partial charge in [-0.25, -0.2) is 4.98 Å². The van der Waals surface area contributed by atoms with Crippen LogP contribution in [0.5, 0.6) is 0 Å². The van der Waals surface area contributed by atoms with Crippen LogP contribution in [-0.4, -0.2) is 50.7 Å². The lowest BCUT2D eigenvalue weighted by Crippen LogP contribution is -2.33. The standard InChI is InChI=1S/C27H35N5/c1-28-14-4-6-21-8-7-20(18-29-21)24-17-26(32-15-13-27(19-32)11-5-12-27)23-10-9-22(31(2)3)16-25(23)30-24/h7-10,16-18,28H,4-6,11-15,19H2,1-3H3. The molecule has 1 saturated heterocycles. The summed E-state index contributed by atoms with van der Waals surface area (Å²) >= 11 is 0. The zero-order valence-corrected chi connectivity index (χ0v) is 19.7. The van der Waals surface area contributed by atoms with Crippen molar-refractivity contribution in [1.82, 2.24) is 15.3 Å². The molecule has 1 N–H and O–H groups in total. The second-order valence-corrected chi connectivity index (χ2v) is 9.89. The molecule has 2 aliphatic rings. The van der Waals surface area contributed by atoms with Gasteiger partial charge in [-0.3, -0.25) is 4.98 Å². The van der Waals surface area contributed by atoms with E-state index in [9.17, 15) is 0 Å². The Bertz CT molecular complexity index is 1090. The van der Waals surface area contributed by atoms with Crippen LogP contribution in [0.25, 0.3) is 22.2 Å². The normalized spacial score (nSPS) is 17.2. The number of nitrogens with one attached hydrogen (secondary N) is 1. The lowest BCUT2D eigenvalue weighted by Gasteiger charge is -2.38. The first kappa shape index (κ1) is 21.2. The van der Waals surface area contributed by atoms with Crippen LogP contribution >= 0.6 is 0 Å². The molecule has 168 valence electrons. The Hall–Kier alpha value is -2.66. The van der Waals surface area contributed by atoms with Crippen molar-refractivity contribution in [2.45, 2.75) is 38.5 Å². The number of aryl methyl sites for hydroxylation is 1. The number of anilines is 2. The summed E-state index contributed by atoms with van der Waals surface area (Å²) in [5.74, 6) is 0. The van der Waals surface area contributed by atoms with Crippen molar-refractivity contribution in [3.8, 4) is 11.3 Å². The van der Waals surface area contributed by atoms with Crippen LogP contribution < -0.4 is 15.1 Å². The summed E-state index contributed by atoms with van der Waals surface area (Å²) in [6, 6.07) is 13.3. The first-order valence-electron chi connectivity index (χ1n) is 12.0. The molecule has 0 bridgehead atoms. The molecule has 5 nitrogen and oxygen atoms in total. The molecule has 0 radical (unpaired) electrons. The molecule has 1 saturated carbocycles. The summed E-state index contributed by atoms with van der Waals surface area (Å²) in [4.78, 5) is 14.6. The Kier molecular flexibility index (Phi) is 5.76. The molecule has 3 aromatic rings. The highest BCUT2D eigenvalue weighted by atomic mass is 15.2. The van der Waals surface area contributed by atoms with Crippen molar-refractivity contribution in [3.05, 3.63) is 48.3 Å². The topological polar surface area (TPSA) is 44.3 Å². The van der Waals surface area contributed by atoms with Gasteiger partial charge >= 0.3 is 0 Å². The number of hydrogen-bond acceptors (Lipinski definition) is 5. The maximum Gasteiger partial charge on any atom is 0.0751 e. The molecule has 32 heavy (non-hydrogen) atoms. The summed E-state index contributed by atoms with van der Waals surface area (Å²) < 4.78 is 0. The average molecular weight is 430 g/mol. The van der Waals surface area contributed by atoms with Gasteiger partial charge in [-0.1, -0.05) is 6.42 Å². The van der Waals surface area contributed by atoms with Gasteiger partial charge in [0.05, 0.1) is 11.2 Å². The van der Waals surface area contributed by atoms with Crippen LogP contribution in [0, 0.1) is 5.41 Å². The summed E-state index contributed by atoms with van der Waals surface area (Å²) in [5, 5.41) is 4.46. The van der Waals surface area contributed by atoms with Gasteiger partial charge in [0, 0.05) is 61.4 Å². The number of rotatable bonds is 7. The minimum Gasteiger partial charge on any atom is -0.378 e. The van der Waals surface area contributed by atoms with Crippen LogP contribution in [0.15, 0.2) is 42.6 Å². The zero-order valence-electron chi connectivity index (χ0n) is 19.7. The van der Waals surface area contributed by atoms with Gasteiger partial charge in [-0.15, -0.1) is 0 Å². The van der Waals surface area contributed by atoms with Crippen molar-refractivity contribution in [2.75, 3.05) is 50.6 Å². The monoisotopic (exact) mass is 429 g/mol. The van der Waals surface area contributed by atoms with Crippen molar-refractivity contribution in [2.24, 2.45) is 5.41 Å². The van der Waals surface area contributed by atoms with Gasteiger partial charge in [0.15, 0.2) is 0 Å². The Morgan fingerprint density at radius 2 is 1.97 bits per heavy atom. The fraction of sp³-hybridized carbons (Fsp3) is 0.481. The minimum atomic E-state index is 0.565. The van der Waals surface area contributed by atoms with E-state index in [2.05, 4.69) is 65.6 Å². The number of benzene rings is 1. The van der Waals surface area contributed by atoms with Crippen molar-refractivity contribution in [3.63, 3.8) is 0 Å². The Morgan fingerprint density at radius 3 is 2.62 bits per heavy atom. The van der Waals surface area contributed by atoms with Crippen LogP contribution in [-0.2, 0) is 6.42 Å². The molecule has 1 aromatic carbocycles. The van der Waals surface area contributed by atoms with Crippen LogP contribution in [0.4, 0.5) is 11.4 Å². The fourth-order valence-electron chi connectivity index (χ4n) is 5.28. The van der Waals surface area contributed by atoms with Crippen molar-refractivity contribution in [1.29, 1.82) is 0 Å². The Labute approximate surface area is 191 Å². The summed E-state index contributed by atoms with van der Waals surface area (Å²) in [5.41, 5.74) is 7.41. The Morgan fingerprint density at radius 1 is 1.09 bits per heavy atom. The van der Waals surface area contributed by atoms with Gasteiger partial charge in [-0.05, 0) is 87.5 Å². The third-order valence-electron chi connectivity index (χ3n) is 7.46. The SMILES string of the molecule is CNCCCc1ccc(-c2cc(N3CCC4(CCC4)C3)c3ccc(N(C)C)cc3n2)cn1. The lowest BCUT2D eigenvalue weighted by atomic mass is 9.68. The van der Waals surface area contributed by atoms with E-state index in [0.29, 0.717) is 5.41 Å². The van der Waals surface area contributed by atoms with Crippen LogP contribution in [0.1, 0.15) is 37.8 Å². The van der Waals surface area contributed by atoms with E-state index < -0.39 is 0 Å². The lowest BCUT2D eigenvalue weighted by molar-refractivity contribution is 0.165. The first-order valence-corrected chi connectivity index (χ1v) is 12.0. The molecular weight excluding hydrogens is 394 g/mol. The highest BCUT2D eigenvalue weighted by molar-refractivity contribution is 5.96. The third-order valence-corrected chi connectivity index (χ3v) is 7.46. The molecule has 2 fully saturated rings. The molecule has 1 aliphatic carbocycles. The van der Waals surface area contributed by atoms with Gasteiger partial charge in [0.1, 0.15) is 0 Å². The number of fused-ring (bicyclic) bond motifs is 1. The van der Waals surface area contributed by atoms with Crippen molar-refractivity contribution < 1.29 is 0 Å². The summed E-state index contributed by atoms with van der Waals surface area (Å²) in [6.45, 7) is 3.35. The van der Waals surface area contributed by atoms with E-state index in [4.69, 9.17) is 9.97 Å². The van der Waals surface area contributed by atoms with Gasteiger partial charge in [0.2, 0.25) is 0 Å². The van der Waals surface area contributed by atoms with Crippen molar-refractivity contribution >= 4 is 22.3 Å². The molecule has 0 amide bonds. The summed E-state index contributed by atoms with van der Waals surface area (Å²) in [7, 11) is 6.17. The first-order chi connectivity index (χ1) is 15.6. The summed E-state index contributed by atoms with van der Waals surface area (Å²) in [6.07, 6.45) is 9.61. The molecule has 0 atom stereocenters. The third kappa shape index (κ3) is 4.06. The fourth-order valence-corrected chi connectivity index (χ4v) is 5.28. The van der Waals surface area contributed by atoms with E-state index in [1.165, 1.54) is 49.0 Å². The quantitative estimate of drug-likeness (QED) is 0.542. The molecule has 2 aromatic heterocycles. The maximum atomic E-state index is 5.09. The largest absolute Gasteiger partial charge is 0.378 e. The smallest absolute Gasteiger partial charge is 0.0751 e. The second-order valence-electron chi connectivity index (χ2n) is 9.89.